The van der Waals surface area contributed by atoms with Gasteiger partial charge in [-0.2, -0.15) is 5.10 Å². The number of rotatable bonds is 3. The molecule has 1 saturated heterocycles. The maximum absolute atomic E-state index is 13.4. The molecule has 3 aliphatic rings. The summed E-state index contributed by atoms with van der Waals surface area (Å²) in [5.41, 5.74) is 2.27. The van der Waals surface area contributed by atoms with Crippen LogP contribution in [-0.4, -0.2) is 78.5 Å². The average molecular weight is 550 g/mol. The first-order chi connectivity index (χ1) is 19.2. The fourth-order valence-corrected chi connectivity index (χ4v) is 4.83. The van der Waals surface area contributed by atoms with E-state index in [1.807, 2.05) is 13.0 Å². The Hall–Kier alpha value is -4.74. The molecule has 6 rings (SSSR count). The molecule has 0 spiro atoms. The van der Waals surface area contributed by atoms with Gasteiger partial charge in [0.25, 0.3) is 17.7 Å². The molecule has 0 saturated carbocycles. The van der Waals surface area contributed by atoms with E-state index in [4.69, 9.17) is 18.9 Å². The summed E-state index contributed by atoms with van der Waals surface area (Å²) in [4.78, 5) is 40.9. The van der Waals surface area contributed by atoms with Crippen molar-refractivity contribution in [2.75, 3.05) is 33.9 Å². The highest BCUT2D eigenvalue weighted by Gasteiger charge is 2.39. The molecule has 12 nitrogen and oxygen atoms in total. The molecule has 1 aromatic heterocycles. The van der Waals surface area contributed by atoms with Gasteiger partial charge in [0.05, 0.1) is 32.5 Å². The summed E-state index contributed by atoms with van der Waals surface area (Å²) in [6.45, 7) is 2.25. The molecule has 210 valence electrons. The van der Waals surface area contributed by atoms with Crippen molar-refractivity contribution >= 4 is 17.7 Å². The second kappa shape index (κ2) is 11.2. The fourth-order valence-electron chi connectivity index (χ4n) is 4.83. The summed E-state index contributed by atoms with van der Waals surface area (Å²) in [6.07, 6.45) is -0.577. The predicted octanol–water partition coefficient (Wildman–Crippen LogP) is 1.46. The number of hydrogen-bond acceptors (Lipinski definition) is 8. The first-order valence-electron chi connectivity index (χ1n) is 12.8. The largest absolute Gasteiger partial charge is 0.493 e. The van der Waals surface area contributed by atoms with E-state index in [2.05, 4.69) is 15.7 Å². The number of likely N-dealkylation sites (tertiary alicyclic amines) is 1. The third-order valence-corrected chi connectivity index (χ3v) is 6.87. The van der Waals surface area contributed by atoms with Gasteiger partial charge in [-0.05, 0) is 48.9 Å². The third kappa shape index (κ3) is 5.51. The number of methoxy groups -OCH3 is 2. The number of hydrogen-bond donors (Lipinski definition) is 2. The molecular weight excluding hydrogens is 518 g/mol. The number of carbonyl (C=O) groups excluding carboxylic acids is 3. The number of benzene rings is 2. The minimum atomic E-state index is -0.577. The van der Waals surface area contributed by atoms with Crippen LogP contribution in [0.15, 0.2) is 42.5 Å². The smallest absolute Gasteiger partial charge is 0.272 e. The van der Waals surface area contributed by atoms with E-state index in [1.165, 1.54) is 20.3 Å². The molecular formula is C28H31N5O7. The molecule has 0 aliphatic carbocycles. The van der Waals surface area contributed by atoms with Gasteiger partial charge in [-0.1, -0.05) is 6.07 Å². The number of ether oxygens (including phenoxy) is 4. The van der Waals surface area contributed by atoms with Crippen LogP contribution in [0.3, 0.4) is 0 Å². The Balaban J connectivity index is 1.49. The first kappa shape index (κ1) is 26.9. The van der Waals surface area contributed by atoms with Crippen LogP contribution in [-0.2, 0) is 18.4 Å². The standard InChI is InChI=1S/C28H31N5O7/c1-16-9-20(32(2)31-16)28(36)33-13-19-25(14-33)40-22-7-5-17(10-23(22)38-4)12-29-26(34)15-39-24-11-18(27(35)30-19)6-8-21(24)37-3/h5-11,19,25H,12-15H2,1-4H3,(H,29,34)(H,30,35)/t19-,25-/m0/s1. The zero-order chi connectivity index (χ0) is 28.4. The van der Waals surface area contributed by atoms with Crippen molar-refractivity contribution in [3.05, 3.63) is 65.0 Å². The Morgan fingerprint density at radius 3 is 2.55 bits per heavy atom. The molecule has 1 fully saturated rings. The molecule has 4 heterocycles. The maximum Gasteiger partial charge on any atom is 0.272 e. The molecule has 40 heavy (non-hydrogen) atoms. The Kier molecular flexibility index (Phi) is 7.50. The van der Waals surface area contributed by atoms with Crippen molar-refractivity contribution < 1.29 is 33.3 Å². The molecule has 3 aromatic rings. The van der Waals surface area contributed by atoms with Crippen LogP contribution < -0.4 is 29.6 Å². The number of carbonyl (C=O) groups is 3. The van der Waals surface area contributed by atoms with E-state index in [0.717, 1.165) is 11.3 Å². The van der Waals surface area contributed by atoms with Gasteiger partial charge in [-0.25, -0.2) is 0 Å². The lowest BCUT2D eigenvalue weighted by Gasteiger charge is -2.22. The van der Waals surface area contributed by atoms with Crippen molar-refractivity contribution in [2.45, 2.75) is 25.6 Å². The normalized spacial score (nSPS) is 19.1. The van der Waals surface area contributed by atoms with Crippen molar-refractivity contribution in [1.29, 1.82) is 0 Å². The lowest BCUT2D eigenvalue weighted by Crippen LogP contribution is -2.45. The quantitative estimate of drug-likeness (QED) is 0.502. The van der Waals surface area contributed by atoms with Gasteiger partial charge in [-0.3, -0.25) is 19.1 Å². The maximum atomic E-state index is 13.4. The number of aromatic nitrogens is 2. The van der Waals surface area contributed by atoms with E-state index in [0.29, 0.717) is 28.5 Å². The minimum absolute atomic E-state index is 0.214. The summed E-state index contributed by atoms with van der Waals surface area (Å²) in [6, 6.07) is 11.2. The van der Waals surface area contributed by atoms with Crippen LogP contribution in [0.25, 0.3) is 0 Å². The Morgan fingerprint density at radius 1 is 1.02 bits per heavy atom. The summed E-state index contributed by atoms with van der Waals surface area (Å²) in [5, 5.41) is 10.1. The molecule has 2 N–H and O–H groups in total. The topological polar surface area (TPSA) is 133 Å². The number of nitrogens with zero attached hydrogens (tertiary/aromatic N) is 3. The molecule has 2 atom stereocenters. The monoisotopic (exact) mass is 549 g/mol. The fraction of sp³-hybridized carbons (Fsp3) is 0.357. The van der Waals surface area contributed by atoms with E-state index >= 15 is 0 Å². The summed E-state index contributed by atoms with van der Waals surface area (Å²) in [7, 11) is 4.72. The van der Waals surface area contributed by atoms with E-state index in [-0.39, 0.29) is 43.8 Å². The van der Waals surface area contributed by atoms with Gasteiger partial charge >= 0.3 is 0 Å². The van der Waals surface area contributed by atoms with E-state index in [1.54, 1.807) is 47.0 Å². The van der Waals surface area contributed by atoms with Gasteiger partial charge in [0.2, 0.25) is 0 Å². The first-order valence-corrected chi connectivity index (χ1v) is 12.8. The van der Waals surface area contributed by atoms with E-state index < -0.39 is 18.1 Å². The van der Waals surface area contributed by atoms with Crippen molar-refractivity contribution in [3.63, 3.8) is 0 Å². The number of fused-ring (bicyclic) bond motifs is 7. The van der Waals surface area contributed by atoms with Crippen molar-refractivity contribution in [1.82, 2.24) is 25.3 Å². The van der Waals surface area contributed by atoms with Gasteiger partial charge in [0, 0.05) is 25.7 Å². The van der Waals surface area contributed by atoms with Crippen LogP contribution in [0.2, 0.25) is 0 Å². The molecule has 3 aliphatic heterocycles. The number of nitrogens with one attached hydrogen (secondary N) is 2. The van der Waals surface area contributed by atoms with Crippen LogP contribution >= 0.6 is 0 Å². The third-order valence-electron chi connectivity index (χ3n) is 6.87. The van der Waals surface area contributed by atoms with Gasteiger partial charge in [-0.15, -0.1) is 0 Å². The Labute approximate surface area is 231 Å². The predicted molar refractivity (Wildman–Crippen MR) is 143 cm³/mol. The molecule has 4 bridgehead atoms. The second-order valence-corrected chi connectivity index (χ2v) is 9.66. The zero-order valence-electron chi connectivity index (χ0n) is 22.7. The van der Waals surface area contributed by atoms with Crippen LogP contribution in [0.4, 0.5) is 0 Å². The lowest BCUT2D eigenvalue weighted by molar-refractivity contribution is -0.123. The zero-order valence-corrected chi connectivity index (χ0v) is 22.7. The minimum Gasteiger partial charge on any atom is -0.493 e. The molecule has 12 heteroatoms. The summed E-state index contributed by atoms with van der Waals surface area (Å²) < 4.78 is 24.5. The summed E-state index contributed by atoms with van der Waals surface area (Å²) >= 11 is 0. The van der Waals surface area contributed by atoms with Crippen LogP contribution in [0, 0.1) is 6.92 Å². The lowest BCUT2D eigenvalue weighted by atomic mass is 10.1. The molecule has 3 amide bonds. The molecule has 0 unspecified atom stereocenters. The second-order valence-electron chi connectivity index (χ2n) is 9.66. The molecule has 2 aromatic carbocycles. The van der Waals surface area contributed by atoms with Gasteiger partial charge < -0.3 is 34.5 Å². The highest BCUT2D eigenvalue weighted by Crippen LogP contribution is 2.32. The van der Waals surface area contributed by atoms with Crippen LogP contribution in [0.5, 0.6) is 23.0 Å². The summed E-state index contributed by atoms with van der Waals surface area (Å²) in [5.74, 6) is 0.591. The number of amides is 3. The Morgan fingerprint density at radius 2 is 1.82 bits per heavy atom. The highest BCUT2D eigenvalue weighted by atomic mass is 16.5. The highest BCUT2D eigenvalue weighted by molar-refractivity contribution is 5.96. The van der Waals surface area contributed by atoms with Gasteiger partial charge in [0.15, 0.2) is 29.6 Å². The molecule has 0 radical (unpaired) electrons. The van der Waals surface area contributed by atoms with Crippen molar-refractivity contribution in [2.24, 2.45) is 7.05 Å². The number of aryl methyl sites for hydroxylation is 2. The van der Waals surface area contributed by atoms with Gasteiger partial charge in [0.1, 0.15) is 11.8 Å². The average Bonchev–Trinajstić information content (AvgIpc) is 3.51. The van der Waals surface area contributed by atoms with E-state index in [9.17, 15) is 14.4 Å². The van der Waals surface area contributed by atoms with Crippen LogP contribution in [0.1, 0.15) is 32.1 Å². The van der Waals surface area contributed by atoms with Crippen molar-refractivity contribution in [3.8, 4) is 23.0 Å². The SMILES string of the molecule is COc1ccc2cc1OCC(=O)NCc1ccc(c(OC)c1)O[C@H]1CN(C(=O)c3cc(C)nn3C)C[C@@H]1NC2=O. The Bertz CT molecular complexity index is 1450.